The second-order valence-electron chi connectivity index (χ2n) is 5.41. The van der Waals surface area contributed by atoms with E-state index in [4.69, 9.17) is 9.47 Å². The summed E-state index contributed by atoms with van der Waals surface area (Å²) in [5.74, 6) is 1.78. The van der Waals surface area contributed by atoms with Gasteiger partial charge in [-0.05, 0) is 37.0 Å². The summed E-state index contributed by atoms with van der Waals surface area (Å²) in [5, 5.41) is 0. The molecule has 0 saturated heterocycles. The van der Waals surface area contributed by atoms with Crippen LogP contribution in [-0.2, 0) is 6.42 Å². The number of benzene rings is 1. The summed E-state index contributed by atoms with van der Waals surface area (Å²) < 4.78 is 11.4. The summed E-state index contributed by atoms with van der Waals surface area (Å²) in [7, 11) is 1.71. The minimum atomic E-state index is 0.787. The molecule has 0 bridgehead atoms. The van der Waals surface area contributed by atoms with Crippen LogP contribution in [0.3, 0.4) is 0 Å². The Labute approximate surface area is 124 Å². The highest BCUT2D eigenvalue weighted by atomic mass is 16.5. The first-order valence-electron chi connectivity index (χ1n) is 8.03. The molecule has 1 aromatic carbocycles. The van der Waals surface area contributed by atoms with Gasteiger partial charge in [-0.3, -0.25) is 0 Å². The lowest BCUT2D eigenvalue weighted by molar-refractivity contribution is 0.282. The Morgan fingerprint density at radius 1 is 0.950 bits per heavy atom. The SMILES string of the molecule is CCCCCCCCOc1c(C)cc(CC)cc1OC. The third-order valence-electron chi connectivity index (χ3n) is 3.67. The standard InChI is InChI=1S/C18H30O2/c1-5-7-8-9-10-11-12-20-18-15(3)13-16(6-2)14-17(18)19-4/h13-14H,5-12H2,1-4H3. The van der Waals surface area contributed by atoms with Crippen LogP contribution in [0.2, 0.25) is 0 Å². The van der Waals surface area contributed by atoms with E-state index in [1.54, 1.807) is 7.11 Å². The lowest BCUT2D eigenvalue weighted by atomic mass is 10.1. The minimum Gasteiger partial charge on any atom is -0.493 e. The van der Waals surface area contributed by atoms with E-state index in [1.807, 2.05) is 0 Å². The molecular formula is C18H30O2. The summed E-state index contributed by atoms with van der Waals surface area (Å²) in [6.45, 7) is 7.29. The van der Waals surface area contributed by atoms with Gasteiger partial charge in [0.2, 0.25) is 0 Å². The van der Waals surface area contributed by atoms with E-state index in [1.165, 1.54) is 43.2 Å². The van der Waals surface area contributed by atoms with Gasteiger partial charge in [0.05, 0.1) is 13.7 Å². The molecule has 0 aliphatic carbocycles. The van der Waals surface area contributed by atoms with Crippen molar-refractivity contribution in [2.45, 2.75) is 65.7 Å². The zero-order chi connectivity index (χ0) is 14.8. The Morgan fingerprint density at radius 3 is 2.30 bits per heavy atom. The fourth-order valence-corrected chi connectivity index (χ4v) is 2.41. The monoisotopic (exact) mass is 278 g/mol. The van der Waals surface area contributed by atoms with Crippen molar-refractivity contribution < 1.29 is 9.47 Å². The topological polar surface area (TPSA) is 18.5 Å². The lowest BCUT2D eigenvalue weighted by Crippen LogP contribution is -2.02. The highest BCUT2D eigenvalue weighted by Crippen LogP contribution is 2.32. The first-order valence-corrected chi connectivity index (χ1v) is 8.03. The van der Waals surface area contributed by atoms with E-state index >= 15 is 0 Å². The molecule has 0 radical (unpaired) electrons. The number of unbranched alkanes of at least 4 members (excludes halogenated alkanes) is 5. The highest BCUT2D eigenvalue weighted by molar-refractivity contribution is 5.48. The molecule has 0 aromatic heterocycles. The molecular weight excluding hydrogens is 248 g/mol. The molecule has 0 heterocycles. The van der Waals surface area contributed by atoms with Crippen LogP contribution in [-0.4, -0.2) is 13.7 Å². The Hall–Kier alpha value is -1.18. The largest absolute Gasteiger partial charge is 0.493 e. The van der Waals surface area contributed by atoms with Gasteiger partial charge in [-0.25, -0.2) is 0 Å². The molecule has 1 aromatic rings. The molecule has 2 heteroatoms. The Balaban J connectivity index is 2.43. The molecule has 0 saturated carbocycles. The van der Waals surface area contributed by atoms with Crippen LogP contribution < -0.4 is 9.47 Å². The van der Waals surface area contributed by atoms with E-state index in [9.17, 15) is 0 Å². The maximum Gasteiger partial charge on any atom is 0.164 e. The molecule has 20 heavy (non-hydrogen) atoms. The molecule has 0 fully saturated rings. The van der Waals surface area contributed by atoms with Crippen molar-refractivity contribution in [3.05, 3.63) is 23.3 Å². The van der Waals surface area contributed by atoms with Crippen molar-refractivity contribution in [2.24, 2.45) is 0 Å². The molecule has 0 amide bonds. The van der Waals surface area contributed by atoms with E-state index in [-0.39, 0.29) is 0 Å². The third-order valence-corrected chi connectivity index (χ3v) is 3.67. The van der Waals surface area contributed by atoms with Crippen molar-refractivity contribution in [1.82, 2.24) is 0 Å². The number of rotatable bonds is 10. The van der Waals surface area contributed by atoms with Crippen LogP contribution >= 0.6 is 0 Å². The van der Waals surface area contributed by atoms with Gasteiger partial charge in [0.1, 0.15) is 0 Å². The van der Waals surface area contributed by atoms with Gasteiger partial charge in [-0.2, -0.15) is 0 Å². The Bertz CT molecular complexity index is 385. The zero-order valence-electron chi connectivity index (χ0n) is 13.6. The van der Waals surface area contributed by atoms with Gasteiger partial charge >= 0.3 is 0 Å². The van der Waals surface area contributed by atoms with Crippen LogP contribution in [0.15, 0.2) is 12.1 Å². The maximum atomic E-state index is 5.94. The van der Waals surface area contributed by atoms with E-state index in [0.717, 1.165) is 30.9 Å². The molecule has 0 aliphatic heterocycles. The van der Waals surface area contributed by atoms with Crippen LogP contribution in [0, 0.1) is 6.92 Å². The zero-order valence-corrected chi connectivity index (χ0v) is 13.6. The quantitative estimate of drug-likeness (QED) is 0.540. The number of aryl methyl sites for hydroxylation is 2. The minimum absolute atomic E-state index is 0.787. The average molecular weight is 278 g/mol. The molecule has 0 aliphatic rings. The smallest absolute Gasteiger partial charge is 0.164 e. The summed E-state index contributed by atoms with van der Waals surface area (Å²) in [6.07, 6.45) is 8.74. The Morgan fingerprint density at radius 2 is 1.65 bits per heavy atom. The normalized spacial score (nSPS) is 10.6. The van der Waals surface area contributed by atoms with Crippen LogP contribution in [0.5, 0.6) is 11.5 Å². The van der Waals surface area contributed by atoms with Gasteiger partial charge < -0.3 is 9.47 Å². The average Bonchev–Trinajstić information content (AvgIpc) is 2.47. The maximum absolute atomic E-state index is 5.94. The Kier molecular flexibility index (Phi) is 8.17. The first-order chi connectivity index (χ1) is 9.72. The predicted octanol–water partition coefficient (Wildman–Crippen LogP) is 5.31. The van der Waals surface area contributed by atoms with Crippen LogP contribution in [0.1, 0.15) is 63.5 Å². The van der Waals surface area contributed by atoms with Crippen molar-refractivity contribution in [3.63, 3.8) is 0 Å². The molecule has 114 valence electrons. The molecule has 2 nitrogen and oxygen atoms in total. The highest BCUT2D eigenvalue weighted by Gasteiger charge is 2.09. The van der Waals surface area contributed by atoms with Gasteiger partial charge in [-0.15, -0.1) is 0 Å². The molecule has 0 unspecified atom stereocenters. The van der Waals surface area contributed by atoms with Crippen molar-refractivity contribution >= 4 is 0 Å². The number of methoxy groups -OCH3 is 1. The fraction of sp³-hybridized carbons (Fsp3) is 0.667. The van der Waals surface area contributed by atoms with E-state index < -0.39 is 0 Å². The lowest BCUT2D eigenvalue weighted by Gasteiger charge is -2.14. The van der Waals surface area contributed by atoms with Gasteiger partial charge in [0, 0.05) is 0 Å². The second-order valence-corrected chi connectivity index (χ2v) is 5.41. The number of ether oxygens (including phenoxy) is 2. The summed E-state index contributed by atoms with van der Waals surface area (Å²) >= 11 is 0. The molecule has 0 spiro atoms. The van der Waals surface area contributed by atoms with Gasteiger partial charge in [0.25, 0.3) is 0 Å². The summed E-state index contributed by atoms with van der Waals surface area (Å²) in [4.78, 5) is 0. The first kappa shape index (κ1) is 16.9. The molecule has 1 rings (SSSR count). The van der Waals surface area contributed by atoms with Gasteiger partial charge in [0.15, 0.2) is 11.5 Å². The van der Waals surface area contributed by atoms with E-state index in [2.05, 4.69) is 32.9 Å². The van der Waals surface area contributed by atoms with Crippen LogP contribution in [0.4, 0.5) is 0 Å². The molecule has 0 atom stereocenters. The summed E-state index contributed by atoms with van der Waals surface area (Å²) in [5.41, 5.74) is 2.47. The summed E-state index contributed by atoms with van der Waals surface area (Å²) in [6, 6.07) is 4.28. The van der Waals surface area contributed by atoms with Crippen molar-refractivity contribution in [1.29, 1.82) is 0 Å². The van der Waals surface area contributed by atoms with Crippen molar-refractivity contribution in [2.75, 3.05) is 13.7 Å². The van der Waals surface area contributed by atoms with Gasteiger partial charge in [-0.1, -0.05) is 52.0 Å². The fourth-order valence-electron chi connectivity index (χ4n) is 2.41. The number of hydrogen-bond acceptors (Lipinski definition) is 2. The molecule has 0 N–H and O–H groups in total. The van der Waals surface area contributed by atoms with E-state index in [0.29, 0.717) is 0 Å². The second kappa shape index (κ2) is 9.68. The number of hydrogen-bond donors (Lipinski definition) is 0. The third kappa shape index (κ3) is 5.44. The van der Waals surface area contributed by atoms with Crippen molar-refractivity contribution in [3.8, 4) is 11.5 Å². The van der Waals surface area contributed by atoms with Crippen LogP contribution in [0.25, 0.3) is 0 Å². The predicted molar refractivity (Wildman–Crippen MR) is 86.0 cm³/mol.